The minimum Gasteiger partial charge on any atom is -0.490 e. The Balaban J connectivity index is 1.20. The van der Waals surface area contributed by atoms with E-state index in [1.165, 1.54) is 0 Å². The summed E-state index contributed by atoms with van der Waals surface area (Å²) in [4.78, 5) is 21.3. The molecular formula is C23H32N4O2. The van der Waals surface area contributed by atoms with Crippen molar-refractivity contribution in [3.8, 4) is 5.75 Å². The molecule has 2 heterocycles. The molecule has 156 valence electrons. The average molecular weight is 397 g/mol. The lowest BCUT2D eigenvalue weighted by Crippen LogP contribution is -2.44. The molecule has 0 radical (unpaired) electrons. The summed E-state index contributed by atoms with van der Waals surface area (Å²) >= 11 is 0. The molecule has 1 aliphatic heterocycles. The largest absolute Gasteiger partial charge is 0.490 e. The van der Waals surface area contributed by atoms with Gasteiger partial charge in [-0.2, -0.15) is 0 Å². The maximum Gasteiger partial charge on any atom is 0.234 e. The topological polar surface area (TPSA) is 57.7 Å². The van der Waals surface area contributed by atoms with Crippen LogP contribution in [0.3, 0.4) is 0 Å². The molecule has 2 aliphatic rings. The Bertz CT molecular complexity index is 832. The van der Waals surface area contributed by atoms with E-state index in [4.69, 9.17) is 4.74 Å². The number of nitrogens with one attached hydrogen (secondary N) is 1. The Morgan fingerprint density at radius 1 is 1.21 bits per heavy atom. The molecule has 1 saturated carbocycles. The van der Waals surface area contributed by atoms with Gasteiger partial charge in [-0.1, -0.05) is 6.07 Å². The Kier molecular flexibility index (Phi) is 6.31. The molecule has 1 amide bonds. The fourth-order valence-corrected chi connectivity index (χ4v) is 4.50. The summed E-state index contributed by atoms with van der Waals surface area (Å²) in [5.74, 6) is 1.07. The monoisotopic (exact) mass is 396 g/mol. The van der Waals surface area contributed by atoms with E-state index in [-0.39, 0.29) is 18.1 Å². The normalized spacial score (nSPS) is 25.4. The van der Waals surface area contributed by atoms with Gasteiger partial charge in [0.05, 0.1) is 18.2 Å². The van der Waals surface area contributed by atoms with Gasteiger partial charge in [0, 0.05) is 36.8 Å². The van der Waals surface area contributed by atoms with Gasteiger partial charge in [0.2, 0.25) is 5.91 Å². The number of hydrogen-bond donors (Lipinski definition) is 1. The van der Waals surface area contributed by atoms with Crippen LogP contribution in [0.4, 0.5) is 0 Å². The molecule has 2 aromatic rings. The molecule has 6 nitrogen and oxygen atoms in total. The van der Waals surface area contributed by atoms with Gasteiger partial charge in [-0.3, -0.25) is 14.7 Å². The summed E-state index contributed by atoms with van der Waals surface area (Å²) in [7, 11) is 4.23. The summed E-state index contributed by atoms with van der Waals surface area (Å²) in [6.45, 7) is 2.52. The van der Waals surface area contributed by atoms with E-state index in [9.17, 15) is 4.79 Å². The first-order chi connectivity index (χ1) is 14.1. The number of ether oxygens (including phenoxy) is 1. The molecule has 4 rings (SSSR count). The van der Waals surface area contributed by atoms with Crippen LogP contribution in [0.1, 0.15) is 32.1 Å². The highest BCUT2D eigenvalue weighted by Crippen LogP contribution is 2.26. The van der Waals surface area contributed by atoms with E-state index in [0.717, 1.165) is 61.8 Å². The molecule has 0 spiro atoms. The Morgan fingerprint density at radius 2 is 2.03 bits per heavy atom. The standard InChI is InChI=1S/C23H32N4O2/c1-26(2)19-11-13-27(15-19)16-23(28)25-18-5-7-20(8-6-18)29-21-9-10-22-17(14-21)4-3-12-24-22/h3-4,9-10,12,14,18-20H,5-8,11,13,15-16H2,1-2H3,(H,25,28). The summed E-state index contributed by atoms with van der Waals surface area (Å²) in [5, 5.41) is 4.34. The van der Waals surface area contributed by atoms with E-state index in [1.54, 1.807) is 0 Å². The molecule has 1 atom stereocenters. The van der Waals surface area contributed by atoms with E-state index in [0.29, 0.717) is 12.6 Å². The summed E-state index contributed by atoms with van der Waals surface area (Å²) < 4.78 is 6.21. The predicted molar refractivity (Wildman–Crippen MR) is 115 cm³/mol. The number of benzene rings is 1. The Hall–Kier alpha value is -2.18. The van der Waals surface area contributed by atoms with Gasteiger partial charge >= 0.3 is 0 Å². The molecule has 1 aliphatic carbocycles. The highest BCUT2D eigenvalue weighted by Gasteiger charge is 2.27. The summed E-state index contributed by atoms with van der Waals surface area (Å²) in [6.07, 6.45) is 7.08. The lowest BCUT2D eigenvalue weighted by molar-refractivity contribution is -0.123. The molecule has 1 aromatic heterocycles. The van der Waals surface area contributed by atoms with Gasteiger partial charge in [-0.05, 0) is 70.5 Å². The first-order valence-electron chi connectivity index (χ1n) is 10.8. The number of hydrogen-bond acceptors (Lipinski definition) is 5. The van der Waals surface area contributed by atoms with Gasteiger partial charge < -0.3 is 15.0 Å². The van der Waals surface area contributed by atoms with Crippen molar-refractivity contribution in [3.63, 3.8) is 0 Å². The number of carbonyl (C=O) groups is 1. The molecule has 2 fully saturated rings. The van der Waals surface area contributed by atoms with Crippen molar-refractivity contribution in [2.75, 3.05) is 33.7 Å². The lowest BCUT2D eigenvalue weighted by Gasteiger charge is -2.30. The number of aromatic nitrogens is 1. The molecule has 1 unspecified atom stereocenters. The van der Waals surface area contributed by atoms with E-state index in [1.807, 2.05) is 24.4 Å². The number of fused-ring (bicyclic) bond motifs is 1. The van der Waals surface area contributed by atoms with E-state index >= 15 is 0 Å². The number of likely N-dealkylation sites (N-methyl/N-ethyl adjacent to an activating group) is 1. The number of likely N-dealkylation sites (tertiary alicyclic amines) is 1. The number of nitrogens with zero attached hydrogens (tertiary/aromatic N) is 3. The molecule has 1 saturated heterocycles. The Morgan fingerprint density at radius 3 is 2.79 bits per heavy atom. The minimum absolute atomic E-state index is 0.163. The van der Waals surface area contributed by atoms with E-state index in [2.05, 4.69) is 46.3 Å². The highest BCUT2D eigenvalue weighted by molar-refractivity contribution is 5.79. The van der Waals surface area contributed by atoms with Gasteiger partial charge in [-0.25, -0.2) is 0 Å². The van der Waals surface area contributed by atoms with Crippen molar-refractivity contribution < 1.29 is 9.53 Å². The summed E-state index contributed by atoms with van der Waals surface area (Å²) in [6, 6.07) is 10.9. The van der Waals surface area contributed by atoms with Gasteiger partial charge in [0.1, 0.15) is 5.75 Å². The van der Waals surface area contributed by atoms with Crippen molar-refractivity contribution >= 4 is 16.8 Å². The Labute approximate surface area is 173 Å². The maximum absolute atomic E-state index is 12.4. The van der Waals surface area contributed by atoms with Crippen LogP contribution >= 0.6 is 0 Å². The fourth-order valence-electron chi connectivity index (χ4n) is 4.50. The molecule has 29 heavy (non-hydrogen) atoms. The first kappa shape index (κ1) is 20.1. The van der Waals surface area contributed by atoms with Crippen LogP contribution < -0.4 is 10.1 Å². The lowest BCUT2D eigenvalue weighted by atomic mass is 9.93. The van der Waals surface area contributed by atoms with Gasteiger partial charge in [0.25, 0.3) is 0 Å². The third-order valence-electron chi connectivity index (χ3n) is 6.26. The van der Waals surface area contributed by atoms with Crippen molar-refractivity contribution in [1.82, 2.24) is 20.1 Å². The van der Waals surface area contributed by atoms with Gasteiger partial charge in [0.15, 0.2) is 0 Å². The second kappa shape index (κ2) is 9.09. The van der Waals surface area contributed by atoms with Crippen molar-refractivity contribution in [2.24, 2.45) is 0 Å². The number of rotatable bonds is 6. The van der Waals surface area contributed by atoms with Crippen LogP contribution in [0.5, 0.6) is 5.75 Å². The first-order valence-corrected chi connectivity index (χ1v) is 10.8. The maximum atomic E-state index is 12.4. The van der Waals surface area contributed by atoms with Crippen LogP contribution in [0.25, 0.3) is 10.9 Å². The van der Waals surface area contributed by atoms with Crippen LogP contribution in [0.2, 0.25) is 0 Å². The zero-order valence-electron chi connectivity index (χ0n) is 17.5. The fraction of sp³-hybridized carbons (Fsp3) is 0.565. The molecule has 6 heteroatoms. The number of carbonyl (C=O) groups excluding carboxylic acids is 1. The molecule has 1 aromatic carbocycles. The van der Waals surface area contributed by atoms with Crippen LogP contribution in [0, 0.1) is 0 Å². The summed E-state index contributed by atoms with van der Waals surface area (Å²) in [5.41, 5.74) is 0.987. The minimum atomic E-state index is 0.163. The second-order valence-electron chi connectivity index (χ2n) is 8.66. The van der Waals surface area contributed by atoms with Crippen LogP contribution in [0.15, 0.2) is 36.5 Å². The second-order valence-corrected chi connectivity index (χ2v) is 8.66. The molecule has 0 bridgehead atoms. The van der Waals surface area contributed by atoms with Crippen molar-refractivity contribution in [1.29, 1.82) is 0 Å². The number of pyridine rings is 1. The molecule has 1 N–H and O–H groups in total. The van der Waals surface area contributed by atoms with Crippen LogP contribution in [-0.2, 0) is 4.79 Å². The smallest absolute Gasteiger partial charge is 0.234 e. The number of amides is 1. The van der Waals surface area contributed by atoms with E-state index < -0.39 is 0 Å². The average Bonchev–Trinajstić information content (AvgIpc) is 3.18. The zero-order chi connectivity index (χ0) is 20.2. The molecular weight excluding hydrogens is 364 g/mol. The third kappa shape index (κ3) is 5.25. The SMILES string of the molecule is CN(C)C1CCN(CC(=O)NC2CCC(Oc3ccc4ncccc4c3)CC2)C1. The highest BCUT2D eigenvalue weighted by atomic mass is 16.5. The third-order valence-corrected chi connectivity index (χ3v) is 6.26. The van der Waals surface area contributed by atoms with Crippen molar-refractivity contribution in [3.05, 3.63) is 36.5 Å². The van der Waals surface area contributed by atoms with Crippen molar-refractivity contribution in [2.45, 2.75) is 50.3 Å². The van der Waals surface area contributed by atoms with Gasteiger partial charge in [-0.15, -0.1) is 0 Å². The zero-order valence-corrected chi connectivity index (χ0v) is 17.5. The quantitative estimate of drug-likeness (QED) is 0.814. The van der Waals surface area contributed by atoms with Crippen LogP contribution in [-0.4, -0.2) is 72.6 Å². The predicted octanol–water partition coefficient (Wildman–Crippen LogP) is 2.68.